The van der Waals surface area contributed by atoms with Gasteiger partial charge in [-0.1, -0.05) is 49.1 Å². The molecule has 0 spiro atoms. The number of fused-ring (bicyclic) bond motifs is 1. The molecular formula is C26H28BN3O. The molecule has 0 bridgehead atoms. The van der Waals surface area contributed by atoms with Gasteiger partial charge in [0.05, 0.1) is 16.7 Å². The van der Waals surface area contributed by atoms with Gasteiger partial charge >= 0.3 is 0 Å². The standard InChI is InChI=1S/C26H28BN3O/c1-16(2)23-8-7-20(11-18(23)4)14-29-26(31)19(5)12-21(27)13-22-15-28-24-9-6-17(3)10-25(24)30-22/h6-12,15H,1,5,13-14,27H2,2-4H3,(H,29,31)/b21-12-. The number of benzene rings is 2. The first-order chi connectivity index (χ1) is 14.7. The van der Waals surface area contributed by atoms with E-state index >= 15 is 0 Å². The van der Waals surface area contributed by atoms with E-state index in [1.807, 2.05) is 58.1 Å². The van der Waals surface area contributed by atoms with E-state index < -0.39 is 0 Å². The van der Waals surface area contributed by atoms with Crippen LogP contribution in [0.2, 0.25) is 0 Å². The van der Waals surface area contributed by atoms with Crippen molar-refractivity contribution >= 4 is 30.4 Å². The maximum absolute atomic E-state index is 12.5. The third-order valence-corrected chi connectivity index (χ3v) is 5.12. The molecule has 156 valence electrons. The van der Waals surface area contributed by atoms with E-state index in [4.69, 9.17) is 4.98 Å². The van der Waals surface area contributed by atoms with Crippen molar-refractivity contribution in [2.45, 2.75) is 33.7 Å². The number of hydrogen-bond acceptors (Lipinski definition) is 3. The lowest BCUT2D eigenvalue weighted by Gasteiger charge is -2.10. The number of allylic oxidation sites excluding steroid dienone is 2. The molecule has 2 aromatic carbocycles. The number of nitrogens with one attached hydrogen (secondary N) is 1. The van der Waals surface area contributed by atoms with Crippen LogP contribution in [0.3, 0.4) is 0 Å². The Hall–Kier alpha value is -3.47. The van der Waals surface area contributed by atoms with Gasteiger partial charge in [0.1, 0.15) is 7.85 Å². The summed E-state index contributed by atoms with van der Waals surface area (Å²) in [5.74, 6) is -0.179. The van der Waals surface area contributed by atoms with E-state index in [1.165, 1.54) is 0 Å². The summed E-state index contributed by atoms with van der Waals surface area (Å²) < 4.78 is 0. The Kier molecular flexibility index (Phi) is 6.86. The smallest absolute Gasteiger partial charge is 0.250 e. The largest absolute Gasteiger partial charge is 0.348 e. The maximum Gasteiger partial charge on any atom is 0.250 e. The lowest BCUT2D eigenvalue weighted by molar-refractivity contribution is -0.117. The fourth-order valence-electron chi connectivity index (χ4n) is 3.56. The second kappa shape index (κ2) is 9.56. The number of hydrogen-bond donors (Lipinski definition) is 1. The van der Waals surface area contributed by atoms with Gasteiger partial charge in [-0.3, -0.25) is 9.78 Å². The van der Waals surface area contributed by atoms with Crippen LogP contribution < -0.4 is 5.32 Å². The predicted octanol–water partition coefficient (Wildman–Crippen LogP) is 4.21. The Labute approximate surface area is 185 Å². The van der Waals surface area contributed by atoms with Gasteiger partial charge < -0.3 is 5.32 Å². The number of nitrogens with zero attached hydrogens (tertiary/aromatic N) is 2. The Morgan fingerprint density at radius 2 is 1.90 bits per heavy atom. The minimum atomic E-state index is -0.179. The van der Waals surface area contributed by atoms with Crippen LogP contribution in [0.5, 0.6) is 0 Å². The average Bonchev–Trinajstić information content (AvgIpc) is 2.71. The molecule has 0 radical (unpaired) electrons. The molecule has 4 nitrogen and oxygen atoms in total. The zero-order valence-corrected chi connectivity index (χ0v) is 18.7. The quantitative estimate of drug-likeness (QED) is 0.361. The van der Waals surface area contributed by atoms with Gasteiger partial charge in [0.2, 0.25) is 0 Å². The third kappa shape index (κ3) is 5.79. The van der Waals surface area contributed by atoms with Crippen LogP contribution >= 0.6 is 0 Å². The minimum Gasteiger partial charge on any atom is -0.348 e. The lowest BCUT2D eigenvalue weighted by Crippen LogP contribution is -2.23. The van der Waals surface area contributed by atoms with Gasteiger partial charge in [-0.25, -0.2) is 4.98 Å². The van der Waals surface area contributed by atoms with Crippen molar-refractivity contribution in [3.63, 3.8) is 0 Å². The lowest BCUT2D eigenvalue weighted by atomic mass is 9.89. The molecule has 0 aliphatic heterocycles. The summed E-state index contributed by atoms with van der Waals surface area (Å²) in [5, 5.41) is 2.94. The summed E-state index contributed by atoms with van der Waals surface area (Å²) in [6.45, 7) is 14.5. The molecule has 5 heteroatoms. The van der Waals surface area contributed by atoms with Gasteiger partial charge in [0.15, 0.2) is 0 Å². The molecule has 1 aromatic heterocycles. The van der Waals surface area contributed by atoms with Gasteiger partial charge in [0, 0.05) is 24.7 Å². The Morgan fingerprint density at radius 3 is 2.61 bits per heavy atom. The van der Waals surface area contributed by atoms with Crippen molar-refractivity contribution in [1.29, 1.82) is 0 Å². The van der Waals surface area contributed by atoms with Crippen molar-refractivity contribution in [1.82, 2.24) is 15.3 Å². The molecule has 3 rings (SSSR count). The molecule has 0 fully saturated rings. The second-order valence-electron chi connectivity index (χ2n) is 8.16. The summed E-state index contributed by atoms with van der Waals surface area (Å²) in [4.78, 5) is 21.7. The fourth-order valence-corrected chi connectivity index (χ4v) is 3.56. The molecule has 0 atom stereocenters. The van der Waals surface area contributed by atoms with Crippen LogP contribution in [0.1, 0.15) is 34.9 Å². The Bertz CT molecular complexity index is 1210. The van der Waals surface area contributed by atoms with Crippen LogP contribution in [0, 0.1) is 13.8 Å². The molecule has 0 unspecified atom stereocenters. The van der Waals surface area contributed by atoms with Crippen LogP contribution in [0.15, 0.2) is 72.9 Å². The first-order valence-electron chi connectivity index (χ1n) is 10.3. The highest BCUT2D eigenvalue weighted by Crippen LogP contribution is 2.18. The zero-order chi connectivity index (χ0) is 22.5. The second-order valence-corrected chi connectivity index (χ2v) is 8.16. The normalized spacial score (nSPS) is 11.4. The van der Waals surface area contributed by atoms with Crippen molar-refractivity contribution < 1.29 is 4.79 Å². The number of amides is 1. The van der Waals surface area contributed by atoms with Crippen molar-refractivity contribution in [2.24, 2.45) is 0 Å². The van der Waals surface area contributed by atoms with Crippen LogP contribution in [0.4, 0.5) is 0 Å². The van der Waals surface area contributed by atoms with E-state index in [0.717, 1.165) is 50.0 Å². The first kappa shape index (κ1) is 22.2. The van der Waals surface area contributed by atoms with Gasteiger partial charge in [0.25, 0.3) is 5.91 Å². The molecule has 0 aliphatic carbocycles. The number of carbonyl (C=O) groups is 1. The summed E-state index contributed by atoms with van der Waals surface area (Å²) in [7, 11) is 1.97. The topological polar surface area (TPSA) is 54.9 Å². The molecule has 0 saturated carbocycles. The van der Waals surface area contributed by atoms with Crippen molar-refractivity contribution in [3.05, 3.63) is 101 Å². The van der Waals surface area contributed by atoms with Gasteiger partial charge in [-0.2, -0.15) is 0 Å². The maximum atomic E-state index is 12.5. The summed E-state index contributed by atoms with van der Waals surface area (Å²) >= 11 is 0. The van der Waals surface area contributed by atoms with E-state index in [1.54, 1.807) is 6.20 Å². The predicted molar refractivity (Wildman–Crippen MR) is 131 cm³/mol. The fraction of sp³-hybridized carbons (Fsp3) is 0.192. The number of carbonyl (C=O) groups excluding carboxylic acids is 1. The van der Waals surface area contributed by atoms with Crippen LogP contribution in [-0.2, 0) is 17.8 Å². The highest BCUT2D eigenvalue weighted by atomic mass is 16.1. The van der Waals surface area contributed by atoms with Crippen LogP contribution in [-0.4, -0.2) is 23.7 Å². The summed E-state index contributed by atoms with van der Waals surface area (Å²) in [6.07, 6.45) is 4.21. The molecule has 1 heterocycles. The molecular weight excluding hydrogens is 381 g/mol. The van der Waals surface area contributed by atoms with Gasteiger partial charge in [-0.05, 0) is 55.2 Å². The molecule has 0 saturated heterocycles. The van der Waals surface area contributed by atoms with E-state index in [-0.39, 0.29) is 5.91 Å². The van der Waals surface area contributed by atoms with Gasteiger partial charge in [-0.15, -0.1) is 5.47 Å². The average molecular weight is 409 g/mol. The monoisotopic (exact) mass is 409 g/mol. The van der Waals surface area contributed by atoms with Crippen molar-refractivity contribution in [2.75, 3.05) is 0 Å². The Balaban J connectivity index is 1.61. The SMILES string of the molecule is B/C(=C\C(=C)C(=O)NCc1ccc(C(=C)C)c(C)c1)Cc1cnc2ccc(C)cc2n1. The summed E-state index contributed by atoms with van der Waals surface area (Å²) in [6, 6.07) is 12.2. The Morgan fingerprint density at radius 1 is 1.13 bits per heavy atom. The molecule has 1 amide bonds. The zero-order valence-electron chi connectivity index (χ0n) is 18.7. The molecule has 3 aromatic rings. The number of aromatic nitrogens is 2. The van der Waals surface area contributed by atoms with Crippen molar-refractivity contribution in [3.8, 4) is 0 Å². The molecule has 0 aliphatic rings. The highest BCUT2D eigenvalue weighted by molar-refractivity contribution is 6.22. The van der Waals surface area contributed by atoms with Crippen LogP contribution in [0.25, 0.3) is 16.6 Å². The number of aryl methyl sites for hydroxylation is 2. The molecule has 31 heavy (non-hydrogen) atoms. The first-order valence-corrected chi connectivity index (χ1v) is 10.3. The minimum absolute atomic E-state index is 0.179. The third-order valence-electron chi connectivity index (χ3n) is 5.12. The summed E-state index contributed by atoms with van der Waals surface area (Å²) in [5.41, 5.74) is 9.60. The van der Waals surface area contributed by atoms with E-state index in [9.17, 15) is 4.79 Å². The van der Waals surface area contributed by atoms with E-state index in [2.05, 4.69) is 36.4 Å². The highest BCUT2D eigenvalue weighted by Gasteiger charge is 2.08. The van der Waals surface area contributed by atoms with E-state index in [0.29, 0.717) is 18.5 Å². The number of rotatable bonds is 7. The molecule has 1 N–H and O–H groups in total.